The first-order valence-corrected chi connectivity index (χ1v) is 12.7. The molecule has 2 aromatic carbocycles. The van der Waals surface area contributed by atoms with Crippen LogP contribution in [0.5, 0.6) is 0 Å². The maximum absolute atomic E-state index is 13.0. The second kappa shape index (κ2) is 10.6. The largest absolute Gasteiger partial charge is 0.459 e. The van der Waals surface area contributed by atoms with Crippen molar-refractivity contribution in [3.05, 3.63) is 101 Å². The van der Waals surface area contributed by atoms with Crippen molar-refractivity contribution in [3.8, 4) is 0 Å². The topological polar surface area (TPSA) is 130 Å². The zero-order chi connectivity index (χ0) is 24.8. The van der Waals surface area contributed by atoms with Gasteiger partial charge in [-0.15, -0.1) is 11.3 Å². The summed E-state index contributed by atoms with van der Waals surface area (Å²) in [7, 11) is -3.83. The Morgan fingerprint density at radius 2 is 1.77 bits per heavy atom. The SMILES string of the molecule is O=C(Nc1ccc(S(=O)(=O)Nc2nccs2)cc1)/C(=C/c1ccc(Cl)cc1)NC(=O)c1ccco1. The Kier molecular flexibility index (Phi) is 7.30. The second-order valence-corrected chi connectivity index (χ2v) is 9.98. The van der Waals surface area contributed by atoms with Gasteiger partial charge in [0.2, 0.25) is 0 Å². The first-order valence-electron chi connectivity index (χ1n) is 9.96. The van der Waals surface area contributed by atoms with Gasteiger partial charge in [-0.1, -0.05) is 23.7 Å². The van der Waals surface area contributed by atoms with Crippen LogP contribution in [0.15, 0.2) is 93.5 Å². The highest BCUT2D eigenvalue weighted by atomic mass is 35.5. The normalized spacial score (nSPS) is 11.6. The van der Waals surface area contributed by atoms with Crippen LogP contribution >= 0.6 is 22.9 Å². The molecule has 0 atom stereocenters. The van der Waals surface area contributed by atoms with E-state index in [4.69, 9.17) is 16.0 Å². The van der Waals surface area contributed by atoms with Crippen molar-refractivity contribution in [2.24, 2.45) is 0 Å². The van der Waals surface area contributed by atoms with E-state index in [1.165, 1.54) is 48.9 Å². The van der Waals surface area contributed by atoms with Gasteiger partial charge in [0.15, 0.2) is 10.9 Å². The van der Waals surface area contributed by atoms with Crippen LogP contribution in [0.1, 0.15) is 16.1 Å². The zero-order valence-corrected chi connectivity index (χ0v) is 20.2. The molecule has 0 saturated heterocycles. The molecular formula is C23H17ClN4O5S2. The average Bonchev–Trinajstić information content (AvgIpc) is 3.55. The fourth-order valence-corrected chi connectivity index (χ4v) is 4.75. The van der Waals surface area contributed by atoms with Gasteiger partial charge in [0.25, 0.3) is 21.8 Å². The molecule has 3 N–H and O–H groups in total. The molecule has 0 aliphatic rings. The van der Waals surface area contributed by atoms with E-state index in [-0.39, 0.29) is 21.5 Å². The number of sulfonamides is 1. The van der Waals surface area contributed by atoms with Crippen molar-refractivity contribution in [2.45, 2.75) is 4.90 Å². The van der Waals surface area contributed by atoms with E-state index in [0.29, 0.717) is 16.3 Å². The van der Waals surface area contributed by atoms with E-state index in [1.807, 2.05) is 0 Å². The molecule has 0 radical (unpaired) electrons. The molecule has 0 aliphatic carbocycles. The van der Waals surface area contributed by atoms with Gasteiger partial charge in [0, 0.05) is 22.3 Å². The summed E-state index contributed by atoms with van der Waals surface area (Å²) in [5.74, 6) is -1.21. The summed E-state index contributed by atoms with van der Waals surface area (Å²) in [4.78, 5) is 29.4. The Hall–Kier alpha value is -3.93. The van der Waals surface area contributed by atoms with Crippen LogP contribution in [0.2, 0.25) is 5.02 Å². The molecule has 178 valence electrons. The molecule has 35 heavy (non-hydrogen) atoms. The third-order valence-electron chi connectivity index (χ3n) is 4.50. The van der Waals surface area contributed by atoms with Crippen LogP contribution in [0, 0.1) is 0 Å². The minimum atomic E-state index is -3.83. The Balaban J connectivity index is 1.52. The van der Waals surface area contributed by atoms with Gasteiger partial charge in [-0.2, -0.15) is 0 Å². The van der Waals surface area contributed by atoms with E-state index in [1.54, 1.807) is 35.7 Å². The van der Waals surface area contributed by atoms with E-state index in [0.717, 1.165) is 11.3 Å². The molecule has 9 nitrogen and oxygen atoms in total. The van der Waals surface area contributed by atoms with Gasteiger partial charge in [0.05, 0.1) is 11.2 Å². The number of hydrogen-bond donors (Lipinski definition) is 3. The monoisotopic (exact) mass is 528 g/mol. The molecule has 12 heteroatoms. The van der Waals surface area contributed by atoms with E-state index >= 15 is 0 Å². The predicted octanol–water partition coefficient (Wildman–Crippen LogP) is 4.60. The van der Waals surface area contributed by atoms with Crippen molar-refractivity contribution in [1.82, 2.24) is 10.3 Å². The Bertz CT molecular complexity index is 1450. The van der Waals surface area contributed by atoms with E-state index in [9.17, 15) is 18.0 Å². The minimum Gasteiger partial charge on any atom is -0.459 e. The number of rotatable bonds is 8. The van der Waals surface area contributed by atoms with Gasteiger partial charge in [0.1, 0.15) is 5.70 Å². The quantitative estimate of drug-likeness (QED) is 0.286. The van der Waals surface area contributed by atoms with Crippen LogP contribution in [0.3, 0.4) is 0 Å². The highest BCUT2D eigenvalue weighted by molar-refractivity contribution is 7.93. The van der Waals surface area contributed by atoms with Gasteiger partial charge in [-0.25, -0.2) is 13.4 Å². The first-order chi connectivity index (χ1) is 16.8. The Morgan fingerprint density at radius 3 is 2.40 bits per heavy atom. The number of benzene rings is 2. The number of anilines is 2. The van der Waals surface area contributed by atoms with Crippen LogP contribution in [-0.2, 0) is 14.8 Å². The molecular weight excluding hydrogens is 512 g/mol. The molecule has 0 bridgehead atoms. The van der Waals surface area contributed by atoms with Gasteiger partial charge in [-0.3, -0.25) is 14.3 Å². The number of nitrogens with one attached hydrogen (secondary N) is 3. The highest BCUT2D eigenvalue weighted by Crippen LogP contribution is 2.20. The van der Waals surface area contributed by atoms with Crippen LogP contribution in [0.4, 0.5) is 10.8 Å². The molecule has 0 aliphatic heterocycles. The third-order valence-corrected chi connectivity index (χ3v) is 6.92. The molecule has 0 unspecified atom stereocenters. The fourth-order valence-electron chi connectivity index (χ4n) is 2.84. The lowest BCUT2D eigenvalue weighted by Crippen LogP contribution is -2.30. The van der Waals surface area contributed by atoms with Gasteiger partial charge >= 0.3 is 0 Å². The molecule has 2 aromatic heterocycles. The summed E-state index contributed by atoms with van der Waals surface area (Å²) in [5.41, 5.74) is 0.877. The predicted molar refractivity (Wildman–Crippen MR) is 134 cm³/mol. The fraction of sp³-hybridized carbons (Fsp3) is 0. The number of hydrogen-bond acceptors (Lipinski definition) is 7. The number of aromatic nitrogens is 1. The maximum Gasteiger partial charge on any atom is 0.291 e. The van der Waals surface area contributed by atoms with Crippen molar-refractivity contribution in [2.75, 3.05) is 10.0 Å². The van der Waals surface area contributed by atoms with Crippen molar-refractivity contribution < 1.29 is 22.4 Å². The highest BCUT2D eigenvalue weighted by Gasteiger charge is 2.18. The van der Waals surface area contributed by atoms with Crippen LogP contribution in [-0.4, -0.2) is 25.2 Å². The number of halogens is 1. The van der Waals surface area contributed by atoms with Crippen molar-refractivity contribution in [1.29, 1.82) is 0 Å². The zero-order valence-electron chi connectivity index (χ0n) is 17.8. The molecule has 2 heterocycles. The number of nitrogens with zero attached hydrogens (tertiary/aromatic N) is 1. The summed E-state index contributed by atoms with van der Waals surface area (Å²) < 4.78 is 32.5. The van der Waals surface area contributed by atoms with E-state index < -0.39 is 21.8 Å². The summed E-state index contributed by atoms with van der Waals surface area (Å²) in [6.07, 6.45) is 4.31. The molecule has 4 aromatic rings. The van der Waals surface area contributed by atoms with Crippen molar-refractivity contribution >= 4 is 61.7 Å². The van der Waals surface area contributed by atoms with Gasteiger partial charge in [-0.05, 0) is 60.2 Å². The van der Waals surface area contributed by atoms with Crippen molar-refractivity contribution in [3.63, 3.8) is 0 Å². The van der Waals surface area contributed by atoms with Crippen LogP contribution in [0.25, 0.3) is 6.08 Å². The number of carbonyl (C=O) groups is 2. The summed E-state index contributed by atoms with van der Waals surface area (Å²) >= 11 is 7.07. The lowest BCUT2D eigenvalue weighted by atomic mass is 10.2. The number of thiazole rings is 1. The summed E-state index contributed by atoms with van der Waals surface area (Å²) in [5, 5.41) is 7.59. The molecule has 0 fully saturated rings. The lowest BCUT2D eigenvalue weighted by Gasteiger charge is -2.11. The number of furan rings is 1. The standard InChI is InChI=1S/C23H17ClN4O5S2/c24-16-5-3-15(4-6-16)14-19(27-22(30)20-2-1-12-33-20)21(29)26-17-7-9-18(10-8-17)35(31,32)28-23-25-11-13-34-23/h1-14H,(H,25,28)(H,26,29)(H,27,30)/b19-14-. The minimum absolute atomic E-state index is 0.00579. The molecule has 4 rings (SSSR count). The molecule has 0 spiro atoms. The Labute approximate surface area is 209 Å². The molecule has 2 amide bonds. The molecule has 0 saturated carbocycles. The lowest BCUT2D eigenvalue weighted by molar-refractivity contribution is -0.113. The second-order valence-electron chi connectivity index (χ2n) is 6.96. The third kappa shape index (κ3) is 6.35. The number of amides is 2. The Morgan fingerprint density at radius 1 is 1.03 bits per heavy atom. The maximum atomic E-state index is 13.0. The van der Waals surface area contributed by atoms with E-state index in [2.05, 4.69) is 20.3 Å². The van der Waals surface area contributed by atoms with Crippen LogP contribution < -0.4 is 15.4 Å². The average molecular weight is 529 g/mol. The van der Waals surface area contributed by atoms with Gasteiger partial charge < -0.3 is 15.1 Å². The summed E-state index contributed by atoms with van der Waals surface area (Å²) in [6.45, 7) is 0. The summed E-state index contributed by atoms with van der Waals surface area (Å²) in [6, 6.07) is 15.2. The first kappa shape index (κ1) is 24.2. The number of carbonyl (C=O) groups excluding carboxylic acids is 2. The smallest absolute Gasteiger partial charge is 0.291 e.